The van der Waals surface area contributed by atoms with Crippen molar-refractivity contribution >= 4 is 29.9 Å². The topological polar surface area (TPSA) is 18.5 Å². The molecule has 0 heterocycles. The molecule has 0 aliphatic heterocycles. The molecule has 90 valence electrons. The molecule has 0 aromatic heterocycles. The molecule has 1 aromatic carbocycles. The first-order chi connectivity index (χ1) is 7.58. The summed E-state index contributed by atoms with van der Waals surface area (Å²) >= 11 is 0. The lowest BCUT2D eigenvalue weighted by molar-refractivity contribution is 0.260. The molecule has 1 aromatic rings. The number of hydrogen-bond acceptors (Lipinski definition) is 2. The smallest absolute Gasteiger partial charge is 0.192 e. The van der Waals surface area contributed by atoms with E-state index in [9.17, 15) is 0 Å². The molecule has 0 amide bonds. The van der Waals surface area contributed by atoms with Crippen LogP contribution in [0.15, 0.2) is 24.3 Å². The lowest BCUT2D eigenvalue weighted by atomic mass is 10.4. The Labute approximate surface area is 103 Å². The zero-order chi connectivity index (χ0) is 12.0. The van der Waals surface area contributed by atoms with Crippen LogP contribution in [0.25, 0.3) is 0 Å². The van der Waals surface area contributed by atoms with Gasteiger partial charge < -0.3 is 8.85 Å². The summed E-state index contributed by atoms with van der Waals surface area (Å²) < 4.78 is 11.4. The van der Waals surface area contributed by atoms with Crippen LogP contribution < -0.4 is 10.4 Å². The van der Waals surface area contributed by atoms with Crippen molar-refractivity contribution in [1.82, 2.24) is 0 Å². The molecule has 0 spiro atoms. The van der Waals surface area contributed by atoms with Crippen LogP contribution in [0.2, 0.25) is 0 Å². The summed E-state index contributed by atoms with van der Waals surface area (Å²) in [6.45, 7) is 8.36. The average molecular weight is 254 g/mol. The molecule has 2 nitrogen and oxygen atoms in total. The molecule has 4 heteroatoms. The van der Waals surface area contributed by atoms with Gasteiger partial charge in [0.2, 0.25) is 0 Å². The third-order valence-electron chi connectivity index (χ3n) is 2.16. The Kier molecular flexibility index (Phi) is 5.97. The van der Waals surface area contributed by atoms with Crippen LogP contribution in [0.1, 0.15) is 27.7 Å². The molecule has 0 aliphatic carbocycles. The van der Waals surface area contributed by atoms with Gasteiger partial charge in [0.05, 0.1) is 0 Å². The zero-order valence-electron chi connectivity index (χ0n) is 10.7. The van der Waals surface area contributed by atoms with Gasteiger partial charge in [-0.3, -0.25) is 0 Å². The molecule has 0 saturated heterocycles. The normalized spacial score (nSPS) is 12.9. The number of benzene rings is 1. The molecule has 0 atom stereocenters. The number of hydrogen-bond donors (Lipinski definition) is 0. The van der Waals surface area contributed by atoms with Gasteiger partial charge in [0.25, 0.3) is 0 Å². The van der Waals surface area contributed by atoms with Crippen molar-refractivity contribution in [2.75, 3.05) is 0 Å². The Morgan fingerprint density at radius 3 is 1.69 bits per heavy atom. The lowest BCUT2D eigenvalue weighted by Gasteiger charge is -2.10. The highest BCUT2D eigenvalue weighted by atomic mass is 28.2. The molecule has 16 heavy (non-hydrogen) atoms. The van der Waals surface area contributed by atoms with Crippen LogP contribution in [0.3, 0.4) is 0 Å². The molecule has 0 unspecified atom stereocenters. The monoisotopic (exact) mass is 254 g/mol. The fraction of sp³-hybridized carbons (Fsp3) is 0.500. The van der Waals surface area contributed by atoms with Crippen molar-refractivity contribution in [3.8, 4) is 0 Å². The summed E-state index contributed by atoms with van der Waals surface area (Å²) in [5.74, 6) is 0. The SMILES string of the molecule is CC(C)O[SiH2]c1cccc([SiH2]OC(C)C)c1. The molecular weight excluding hydrogens is 232 g/mol. The van der Waals surface area contributed by atoms with E-state index in [0.29, 0.717) is 12.2 Å². The van der Waals surface area contributed by atoms with Crippen molar-refractivity contribution in [3.05, 3.63) is 24.3 Å². The predicted octanol–water partition coefficient (Wildman–Crippen LogP) is -0.0452. The predicted molar refractivity (Wildman–Crippen MR) is 75.2 cm³/mol. The first-order valence-corrected chi connectivity index (χ1v) is 8.46. The number of rotatable bonds is 6. The minimum atomic E-state index is -0.550. The highest BCUT2D eigenvalue weighted by Gasteiger charge is 2.01. The van der Waals surface area contributed by atoms with Crippen LogP contribution in [0.5, 0.6) is 0 Å². The minimum Gasteiger partial charge on any atom is -0.416 e. The van der Waals surface area contributed by atoms with Gasteiger partial charge in [-0.1, -0.05) is 24.3 Å². The minimum absolute atomic E-state index is 0.347. The Hall–Kier alpha value is -0.426. The molecule has 0 radical (unpaired) electrons. The van der Waals surface area contributed by atoms with Crippen molar-refractivity contribution in [2.24, 2.45) is 0 Å². The largest absolute Gasteiger partial charge is 0.416 e. The molecule has 0 bridgehead atoms. The van der Waals surface area contributed by atoms with E-state index in [2.05, 4.69) is 52.0 Å². The Balaban J connectivity index is 2.50. The summed E-state index contributed by atoms with van der Waals surface area (Å²) in [4.78, 5) is 0. The highest BCUT2D eigenvalue weighted by Crippen LogP contribution is 1.88. The summed E-state index contributed by atoms with van der Waals surface area (Å²) in [6, 6.07) is 8.73. The van der Waals surface area contributed by atoms with Crippen molar-refractivity contribution in [2.45, 2.75) is 39.9 Å². The zero-order valence-corrected chi connectivity index (χ0v) is 13.5. The van der Waals surface area contributed by atoms with Crippen LogP contribution in [0.4, 0.5) is 0 Å². The molecule has 0 N–H and O–H groups in total. The van der Waals surface area contributed by atoms with E-state index in [1.54, 1.807) is 0 Å². The molecule has 0 aliphatic rings. The van der Waals surface area contributed by atoms with Crippen LogP contribution in [-0.4, -0.2) is 31.7 Å². The van der Waals surface area contributed by atoms with Gasteiger partial charge in [-0.2, -0.15) is 0 Å². The summed E-state index contributed by atoms with van der Waals surface area (Å²) in [7, 11) is -1.10. The van der Waals surface area contributed by atoms with Gasteiger partial charge in [0.15, 0.2) is 19.5 Å². The third kappa shape index (κ3) is 5.60. The Morgan fingerprint density at radius 1 is 0.875 bits per heavy atom. The van der Waals surface area contributed by atoms with Crippen LogP contribution in [0, 0.1) is 0 Å². The van der Waals surface area contributed by atoms with Crippen LogP contribution in [-0.2, 0) is 8.85 Å². The van der Waals surface area contributed by atoms with Crippen LogP contribution >= 0.6 is 0 Å². The van der Waals surface area contributed by atoms with Gasteiger partial charge in [0, 0.05) is 12.2 Å². The summed E-state index contributed by atoms with van der Waals surface area (Å²) in [6.07, 6.45) is 0.693. The van der Waals surface area contributed by atoms with Gasteiger partial charge >= 0.3 is 0 Å². The van der Waals surface area contributed by atoms with Gasteiger partial charge in [-0.15, -0.1) is 0 Å². The second-order valence-electron chi connectivity index (χ2n) is 4.54. The van der Waals surface area contributed by atoms with E-state index in [1.807, 2.05) is 0 Å². The molecular formula is C12H22O2Si2. The van der Waals surface area contributed by atoms with E-state index >= 15 is 0 Å². The Morgan fingerprint density at radius 2 is 1.31 bits per heavy atom. The fourth-order valence-corrected chi connectivity index (χ4v) is 3.83. The second kappa shape index (κ2) is 7.01. The highest BCUT2D eigenvalue weighted by molar-refractivity contribution is 6.51. The molecule has 0 saturated carbocycles. The van der Waals surface area contributed by atoms with Gasteiger partial charge in [-0.05, 0) is 38.1 Å². The quantitative estimate of drug-likeness (QED) is 0.663. The van der Waals surface area contributed by atoms with E-state index in [4.69, 9.17) is 8.85 Å². The fourth-order valence-electron chi connectivity index (χ4n) is 1.34. The first-order valence-electron chi connectivity index (χ1n) is 5.89. The summed E-state index contributed by atoms with van der Waals surface area (Å²) in [5, 5.41) is 2.76. The maximum atomic E-state index is 5.72. The van der Waals surface area contributed by atoms with E-state index < -0.39 is 19.5 Å². The van der Waals surface area contributed by atoms with Crippen molar-refractivity contribution < 1.29 is 8.85 Å². The third-order valence-corrected chi connectivity index (χ3v) is 5.37. The van der Waals surface area contributed by atoms with E-state index in [1.165, 1.54) is 10.4 Å². The second-order valence-corrected chi connectivity index (χ2v) is 7.42. The Bertz CT molecular complexity index is 286. The standard InChI is InChI=1S/C12H22O2Si2/c1-9(2)13-15-11-6-5-7-12(8-11)16-14-10(3)4/h5-10H,15-16H2,1-4H3. The lowest BCUT2D eigenvalue weighted by Crippen LogP contribution is -2.28. The maximum Gasteiger partial charge on any atom is 0.192 e. The maximum absolute atomic E-state index is 5.72. The van der Waals surface area contributed by atoms with Gasteiger partial charge in [0.1, 0.15) is 0 Å². The first kappa shape index (κ1) is 13.6. The van der Waals surface area contributed by atoms with E-state index in [0.717, 1.165) is 0 Å². The molecule has 0 fully saturated rings. The van der Waals surface area contributed by atoms with E-state index in [-0.39, 0.29) is 0 Å². The average Bonchev–Trinajstić information content (AvgIpc) is 2.24. The van der Waals surface area contributed by atoms with Crippen molar-refractivity contribution in [1.29, 1.82) is 0 Å². The summed E-state index contributed by atoms with van der Waals surface area (Å²) in [5.41, 5.74) is 0. The van der Waals surface area contributed by atoms with Crippen molar-refractivity contribution in [3.63, 3.8) is 0 Å². The molecule has 1 rings (SSSR count). The van der Waals surface area contributed by atoms with Gasteiger partial charge in [-0.25, -0.2) is 0 Å².